The minimum atomic E-state index is -4.89. The molecule has 1 aliphatic rings. The minimum absolute atomic E-state index is 0.0496. The summed E-state index contributed by atoms with van der Waals surface area (Å²) in [6, 6.07) is 5.49. The van der Waals surface area contributed by atoms with E-state index in [4.69, 9.17) is 14.7 Å². The third-order valence-electron chi connectivity index (χ3n) is 5.45. The first kappa shape index (κ1) is 26.0. The molecule has 0 aliphatic carbocycles. The van der Waals surface area contributed by atoms with Gasteiger partial charge in [-0.3, -0.25) is 9.59 Å². The largest absolute Gasteiger partial charge is 0.485 e. The van der Waals surface area contributed by atoms with Crippen molar-refractivity contribution in [2.45, 2.75) is 32.0 Å². The van der Waals surface area contributed by atoms with Gasteiger partial charge >= 0.3 is 6.18 Å². The normalized spacial score (nSPS) is 14.9. The number of amides is 1. The van der Waals surface area contributed by atoms with Crippen LogP contribution in [-0.4, -0.2) is 71.5 Å². The van der Waals surface area contributed by atoms with E-state index in [9.17, 15) is 22.8 Å². The summed E-state index contributed by atoms with van der Waals surface area (Å²) in [4.78, 5) is 32.1. The molecule has 2 aromatic rings. The Morgan fingerprint density at radius 1 is 1.26 bits per heavy atom. The number of carbonyl (C=O) groups excluding carboxylic acids is 1. The summed E-state index contributed by atoms with van der Waals surface area (Å²) in [5.74, 6) is -0.0127. The van der Waals surface area contributed by atoms with E-state index in [0.29, 0.717) is 38.2 Å². The Bertz CT molecular complexity index is 1090. The number of nitriles is 1. The molecule has 1 saturated heterocycles. The van der Waals surface area contributed by atoms with Crippen molar-refractivity contribution in [3.8, 4) is 11.8 Å². The van der Waals surface area contributed by atoms with Crippen LogP contribution in [0.3, 0.4) is 0 Å². The van der Waals surface area contributed by atoms with Crippen molar-refractivity contribution in [2.75, 3.05) is 44.3 Å². The van der Waals surface area contributed by atoms with E-state index in [1.54, 1.807) is 29.1 Å². The van der Waals surface area contributed by atoms with Gasteiger partial charge in [0.05, 0.1) is 31.4 Å². The fourth-order valence-electron chi connectivity index (χ4n) is 3.51. The van der Waals surface area contributed by atoms with Crippen molar-refractivity contribution >= 4 is 11.7 Å². The lowest BCUT2D eigenvalue weighted by atomic mass is 10.2. The Labute approximate surface area is 199 Å². The lowest BCUT2D eigenvalue weighted by Gasteiger charge is -2.35. The van der Waals surface area contributed by atoms with Gasteiger partial charge in [0.1, 0.15) is 18.0 Å². The molecule has 0 bridgehead atoms. The topological polar surface area (TPSA) is 124 Å². The van der Waals surface area contributed by atoms with Gasteiger partial charge in [0, 0.05) is 32.4 Å². The molecule has 3 heterocycles. The van der Waals surface area contributed by atoms with E-state index in [-0.39, 0.29) is 25.5 Å². The molecule has 35 heavy (non-hydrogen) atoms. The standard InChI is InChI=1S/C22H25F3N6O4/c1-2-16(35-17-13-28-29-21(33)20(17)22(23,24)25)14-34-10-5-19(32)31-8-6-30(7-9-31)18-4-3-15(11-26)12-27-18/h3-4,12-13,16H,2,5-10,14H2,1H3,(H,29,33)/t16-/m1/s1. The summed E-state index contributed by atoms with van der Waals surface area (Å²) in [6.07, 6.45) is -2.89. The number of pyridine rings is 1. The molecule has 2 aromatic heterocycles. The number of rotatable bonds is 9. The molecule has 0 unspecified atom stereocenters. The lowest BCUT2D eigenvalue weighted by Crippen LogP contribution is -2.49. The lowest BCUT2D eigenvalue weighted by molar-refractivity contribution is -0.141. The van der Waals surface area contributed by atoms with E-state index in [2.05, 4.69) is 10.1 Å². The van der Waals surface area contributed by atoms with Crippen LogP contribution in [0.4, 0.5) is 19.0 Å². The molecule has 0 saturated carbocycles. The first-order valence-corrected chi connectivity index (χ1v) is 11.0. The van der Waals surface area contributed by atoms with E-state index in [1.807, 2.05) is 11.0 Å². The van der Waals surface area contributed by atoms with Crippen LogP contribution in [0.1, 0.15) is 30.9 Å². The number of piperazine rings is 1. The quantitative estimate of drug-likeness (QED) is 0.525. The maximum absolute atomic E-state index is 13.2. The van der Waals surface area contributed by atoms with Gasteiger partial charge in [-0.05, 0) is 18.6 Å². The number of anilines is 1. The zero-order valence-corrected chi connectivity index (χ0v) is 19.0. The van der Waals surface area contributed by atoms with Gasteiger partial charge in [-0.15, -0.1) is 0 Å². The molecule has 0 spiro atoms. The predicted octanol–water partition coefficient (Wildman–Crippen LogP) is 1.97. The van der Waals surface area contributed by atoms with Crippen LogP contribution in [0.25, 0.3) is 0 Å². The maximum Gasteiger partial charge on any atom is 0.425 e. The number of H-pyrrole nitrogens is 1. The number of nitrogens with one attached hydrogen (secondary N) is 1. The van der Waals surface area contributed by atoms with E-state index in [0.717, 1.165) is 12.0 Å². The van der Waals surface area contributed by atoms with Crippen molar-refractivity contribution in [1.29, 1.82) is 5.26 Å². The molecule has 1 aliphatic heterocycles. The third-order valence-corrected chi connectivity index (χ3v) is 5.45. The fraction of sp³-hybridized carbons (Fsp3) is 0.500. The Balaban J connectivity index is 1.42. The molecular formula is C22H25F3N6O4. The molecule has 0 aromatic carbocycles. The summed E-state index contributed by atoms with van der Waals surface area (Å²) in [6.45, 7) is 3.96. The average molecular weight is 494 g/mol. The third kappa shape index (κ3) is 6.92. The van der Waals surface area contributed by atoms with Crippen molar-refractivity contribution in [3.05, 3.63) is 46.0 Å². The maximum atomic E-state index is 13.2. The molecular weight excluding hydrogens is 469 g/mol. The van der Waals surface area contributed by atoms with E-state index in [1.165, 1.54) is 6.20 Å². The molecule has 3 rings (SSSR count). The number of halogens is 3. The number of nitrogens with zero attached hydrogens (tertiary/aromatic N) is 5. The summed E-state index contributed by atoms with van der Waals surface area (Å²) < 4.78 is 50.3. The van der Waals surface area contributed by atoms with Gasteiger partial charge in [-0.1, -0.05) is 6.92 Å². The Morgan fingerprint density at radius 3 is 2.60 bits per heavy atom. The second-order valence-electron chi connectivity index (χ2n) is 7.79. The fourth-order valence-corrected chi connectivity index (χ4v) is 3.51. The summed E-state index contributed by atoms with van der Waals surface area (Å²) >= 11 is 0. The first-order chi connectivity index (χ1) is 16.7. The van der Waals surface area contributed by atoms with Crippen LogP contribution in [-0.2, 0) is 15.7 Å². The van der Waals surface area contributed by atoms with Gasteiger partial charge in [-0.25, -0.2) is 10.1 Å². The highest BCUT2D eigenvalue weighted by Crippen LogP contribution is 2.33. The number of aromatic amines is 1. The second kappa shape index (κ2) is 11.7. The van der Waals surface area contributed by atoms with Crippen molar-refractivity contribution in [3.63, 3.8) is 0 Å². The van der Waals surface area contributed by atoms with Gasteiger partial charge in [-0.2, -0.15) is 23.5 Å². The number of carbonyl (C=O) groups is 1. The number of ether oxygens (including phenoxy) is 2. The van der Waals surface area contributed by atoms with E-state index >= 15 is 0 Å². The Kier molecular flexibility index (Phi) is 8.64. The second-order valence-corrected chi connectivity index (χ2v) is 7.79. The zero-order chi connectivity index (χ0) is 25.4. The molecule has 188 valence electrons. The van der Waals surface area contributed by atoms with Crippen LogP contribution in [0, 0.1) is 11.3 Å². The zero-order valence-electron chi connectivity index (χ0n) is 19.0. The molecule has 1 fully saturated rings. The van der Waals surface area contributed by atoms with Crippen molar-refractivity contribution in [2.24, 2.45) is 0 Å². The van der Waals surface area contributed by atoms with Crippen LogP contribution < -0.4 is 15.2 Å². The number of aromatic nitrogens is 3. The molecule has 1 amide bonds. The SMILES string of the molecule is CC[C@H](COCCC(=O)N1CCN(c2ccc(C#N)cn2)CC1)Oc1cn[nH]c(=O)c1C(F)(F)F. The summed E-state index contributed by atoms with van der Waals surface area (Å²) in [5, 5.41) is 14.0. The first-order valence-electron chi connectivity index (χ1n) is 11.0. The smallest absolute Gasteiger partial charge is 0.425 e. The molecule has 10 nitrogen and oxygen atoms in total. The minimum Gasteiger partial charge on any atom is -0.485 e. The van der Waals surface area contributed by atoms with Crippen LogP contribution >= 0.6 is 0 Å². The highest BCUT2D eigenvalue weighted by molar-refractivity contribution is 5.76. The summed E-state index contributed by atoms with van der Waals surface area (Å²) in [7, 11) is 0. The molecule has 1 N–H and O–H groups in total. The van der Waals surface area contributed by atoms with Crippen LogP contribution in [0.15, 0.2) is 29.3 Å². The predicted molar refractivity (Wildman–Crippen MR) is 118 cm³/mol. The molecule has 13 heteroatoms. The number of hydrogen-bond donors (Lipinski definition) is 1. The molecule has 0 radical (unpaired) electrons. The van der Waals surface area contributed by atoms with Gasteiger partial charge < -0.3 is 19.3 Å². The molecule has 1 atom stereocenters. The average Bonchev–Trinajstić information content (AvgIpc) is 2.85. The van der Waals surface area contributed by atoms with Crippen molar-refractivity contribution < 1.29 is 27.4 Å². The Hall–Kier alpha value is -3.66. The van der Waals surface area contributed by atoms with Gasteiger partial charge in [0.2, 0.25) is 5.91 Å². The summed E-state index contributed by atoms with van der Waals surface area (Å²) in [5.41, 5.74) is -2.35. The van der Waals surface area contributed by atoms with Gasteiger partial charge in [0.15, 0.2) is 11.3 Å². The van der Waals surface area contributed by atoms with E-state index < -0.39 is 29.2 Å². The number of alkyl halides is 3. The Morgan fingerprint density at radius 2 is 2.00 bits per heavy atom. The van der Waals surface area contributed by atoms with Crippen LogP contribution in [0.2, 0.25) is 0 Å². The van der Waals surface area contributed by atoms with Gasteiger partial charge in [0.25, 0.3) is 5.56 Å². The highest BCUT2D eigenvalue weighted by Gasteiger charge is 2.38. The highest BCUT2D eigenvalue weighted by atomic mass is 19.4. The van der Waals surface area contributed by atoms with Crippen LogP contribution in [0.5, 0.6) is 5.75 Å². The van der Waals surface area contributed by atoms with Crippen molar-refractivity contribution in [1.82, 2.24) is 20.1 Å². The number of hydrogen-bond acceptors (Lipinski definition) is 8. The monoisotopic (exact) mass is 494 g/mol.